The van der Waals surface area contributed by atoms with Crippen LogP contribution in [0.4, 0.5) is 0 Å². The van der Waals surface area contributed by atoms with Crippen molar-refractivity contribution in [3.05, 3.63) is 0 Å². The molecule has 0 radical (unpaired) electrons. The lowest BCUT2D eigenvalue weighted by atomic mass is 10.2. The van der Waals surface area contributed by atoms with Gasteiger partial charge in [0.1, 0.15) is 5.78 Å². The monoisotopic (exact) mass is 171 g/mol. The largest absolute Gasteiger partial charge is 0.306 e. The van der Waals surface area contributed by atoms with Crippen LogP contribution in [0.1, 0.15) is 33.6 Å². The molecule has 0 amide bonds. The molecule has 0 spiro atoms. The summed E-state index contributed by atoms with van der Waals surface area (Å²) in [6.45, 7) is 8.24. The van der Waals surface area contributed by atoms with Gasteiger partial charge in [0.15, 0.2) is 0 Å². The fourth-order valence-electron chi connectivity index (χ4n) is 1.31. The summed E-state index contributed by atoms with van der Waals surface area (Å²) in [5.74, 6) is 1.01. The SMILES string of the molecule is CC(=O)CCCN(C)CC(C)C. The number of rotatable bonds is 6. The van der Waals surface area contributed by atoms with Gasteiger partial charge in [-0.25, -0.2) is 0 Å². The molecule has 0 N–H and O–H groups in total. The van der Waals surface area contributed by atoms with Crippen molar-refractivity contribution in [2.45, 2.75) is 33.6 Å². The first-order valence-corrected chi connectivity index (χ1v) is 4.70. The molecule has 2 nitrogen and oxygen atoms in total. The van der Waals surface area contributed by atoms with Crippen molar-refractivity contribution in [2.24, 2.45) is 5.92 Å². The molecule has 0 bridgehead atoms. The van der Waals surface area contributed by atoms with Crippen molar-refractivity contribution in [2.75, 3.05) is 20.1 Å². The summed E-state index contributed by atoms with van der Waals surface area (Å²) in [5, 5.41) is 0. The summed E-state index contributed by atoms with van der Waals surface area (Å²) in [6.07, 6.45) is 1.72. The van der Waals surface area contributed by atoms with Crippen molar-refractivity contribution < 1.29 is 4.79 Å². The van der Waals surface area contributed by atoms with E-state index in [0.717, 1.165) is 25.9 Å². The molecule has 0 aliphatic carbocycles. The second-order valence-electron chi connectivity index (χ2n) is 3.96. The van der Waals surface area contributed by atoms with Gasteiger partial charge in [-0.3, -0.25) is 0 Å². The number of carbonyl (C=O) groups is 1. The van der Waals surface area contributed by atoms with Gasteiger partial charge in [-0.15, -0.1) is 0 Å². The smallest absolute Gasteiger partial charge is 0.129 e. The molecule has 0 unspecified atom stereocenters. The van der Waals surface area contributed by atoms with Crippen molar-refractivity contribution >= 4 is 5.78 Å². The second-order valence-corrected chi connectivity index (χ2v) is 3.96. The molecule has 12 heavy (non-hydrogen) atoms. The molecule has 0 rings (SSSR count). The van der Waals surface area contributed by atoms with Crippen molar-refractivity contribution in [3.63, 3.8) is 0 Å². The highest BCUT2D eigenvalue weighted by atomic mass is 16.1. The van der Waals surface area contributed by atoms with E-state index < -0.39 is 0 Å². The Balaban J connectivity index is 3.31. The molecule has 0 aromatic heterocycles. The highest BCUT2D eigenvalue weighted by Gasteiger charge is 2.01. The van der Waals surface area contributed by atoms with Crippen LogP contribution in [0.2, 0.25) is 0 Å². The normalized spacial score (nSPS) is 11.2. The number of Topliss-reactive ketones (excluding diaryl/α,β-unsaturated/α-hetero) is 1. The van der Waals surface area contributed by atoms with Gasteiger partial charge in [-0.1, -0.05) is 13.8 Å². The molecular formula is C10H21NO. The number of nitrogens with zero attached hydrogens (tertiary/aromatic N) is 1. The van der Waals surface area contributed by atoms with E-state index in [2.05, 4.69) is 25.8 Å². The summed E-state index contributed by atoms with van der Waals surface area (Å²) in [6, 6.07) is 0. The Kier molecular flexibility index (Phi) is 5.99. The Labute approximate surface area is 75.9 Å². The Bertz CT molecular complexity index is 132. The van der Waals surface area contributed by atoms with Gasteiger partial charge in [0.05, 0.1) is 0 Å². The van der Waals surface area contributed by atoms with E-state index in [1.807, 2.05) is 0 Å². The molecule has 2 heteroatoms. The van der Waals surface area contributed by atoms with Gasteiger partial charge in [0.25, 0.3) is 0 Å². The maximum Gasteiger partial charge on any atom is 0.129 e. The molecule has 0 aromatic rings. The van der Waals surface area contributed by atoms with Crippen LogP contribution >= 0.6 is 0 Å². The summed E-state index contributed by atoms with van der Waals surface area (Å²) in [4.78, 5) is 12.9. The van der Waals surface area contributed by atoms with Gasteiger partial charge >= 0.3 is 0 Å². The minimum Gasteiger partial charge on any atom is -0.306 e. The van der Waals surface area contributed by atoms with Crippen LogP contribution in [-0.4, -0.2) is 30.8 Å². The lowest BCUT2D eigenvalue weighted by Gasteiger charge is -2.18. The molecule has 72 valence electrons. The van der Waals surface area contributed by atoms with Crippen molar-refractivity contribution in [1.29, 1.82) is 0 Å². The maximum atomic E-state index is 10.6. The molecule has 0 aromatic carbocycles. The molecule has 0 fully saturated rings. The predicted octanol–water partition coefficient (Wildman–Crippen LogP) is 1.94. The van der Waals surface area contributed by atoms with Crippen LogP contribution in [0.15, 0.2) is 0 Å². The van der Waals surface area contributed by atoms with Gasteiger partial charge in [0.2, 0.25) is 0 Å². The van der Waals surface area contributed by atoms with Crippen molar-refractivity contribution in [1.82, 2.24) is 4.90 Å². The highest BCUT2D eigenvalue weighted by molar-refractivity contribution is 5.75. The zero-order valence-electron chi connectivity index (χ0n) is 8.76. The lowest BCUT2D eigenvalue weighted by Crippen LogP contribution is -2.24. The average Bonchev–Trinajstić information content (AvgIpc) is 1.84. The second kappa shape index (κ2) is 6.18. The standard InChI is InChI=1S/C10H21NO/c1-9(2)8-11(4)7-5-6-10(3)12/h9H,5-8H2,1-4H3. The van der Waals surface area contributed by atoms with Gasteiger partial charge in [-0.2, -0.15) is 0 Å². The molecule has 0 saturated carbocycles. The molecule has 0 heterocycles. The van der Waals surface area contributed by atoms with E-state index in [4.69, 9.17) is 0 Å². The van der Waals surface area contributed by atoms with Crippen LogP contribution in [0.25, 0.3) is 0 Å². The van der Waals surface area contributed by atoms with Crippen LogP contribution in [-0.2, 0) is 4.79 Å². The zero-order valence-corrected chi connectivity index (χ0v) is 8.76. The molecular weight excluding hydrogens is 150 g/mol. The van der Waals surface area contributed by atoms with Crippen molar-refractivity contribution in [3.8, 4) is 0 Å². The topological polar surface area (TPSA) is 20.3 Å². The van der Waals surface area contributed by atoms with E-state index >= 15 is 0 Å². The number of ketones is 1. The first-order chi connectivity index (χ1) is 5.52. The molecule has 0 aliphatic rings. The van der Waals surface area contributed by atoms with E-state index in [1.54, 1.807) is 6.92 Å². The minimum atomic E-state index is 0.299. The summed E-state index contributed by atoms with van der Waals surface area (Å²) in [7, 11) is 2.11. The number of carbonyl (C=O) groups excluding carboxylic acids is 1. The zero-order chi connectivity index (χ0) is 9.56. The highest BCUT2D eigenvalue weighted by Crippen LogP contribution is 1.98. The summed E-state index contributed by atoms with van der Waals surface area (Å²) >= 11 is 0. The quantitative estimate of drug-likeness (QED) is 0.608. The predicted molar refractivity (Wildman–Crippen MR) is 52.3 cm³/mol. The van der Waals surface area contributed by atoms with Crippen LogP contribution < -0.4 is 0 Å². The van der Waals surface area contributed by atoms with Gasteiger partial charge < -0.3 is 9.69 Å². The fourth-order valence-corrected chi connectivity index (χ4v) is 1.31. The molecule has 0 atom stereocenters. The van der Waals surface area contributed by atoms with Gasteiger partial charge in [0, 0.05) is 13.0 Å². The Morgan fingerprint density at radius 1 is 1.42 bits per heavy atom. The molecule has 0 aliphatic heterocycles. The maximum absolute atomic E-state index is 10.6. The van der Waals surface area contributed by atoms with Crippen LogP contribution in [0, 0.1) is 5.92 Å². The van der Waals surface area contributed by atoms with E-state index in [-0.39, 0.29) is 0 Å². The minimum absolute atomic E-state index is 0.299. The number of hydrogen-bond donors (Lipinski definition) is 0. The van der Waals surface area contributed by atoms with E-state index in [9.17, 15) is 4.79 Å². The van der Waals surface area contributed by atoms with Crippen LogP contribution in [0.5, 0.6) is 0 Å². The third kappa shape index (κ3) is 7.73. The number of hydrogen-bond acceptors (Lipinski definition) is 2. The third-order valence-electron chi connectivity index (χ3n) is 1.75. The first-order valence-electron chi connectivity index (χ1n) is 4.70. The van der Waals surface area contributed by atoms with Crippen LogP contribution in [0.3, 0.4) is 0 Å². The Morgan fingerprint density at radius 3 is 2.42 bits per heavy atom. The summed E-state index contributed by atoms with van der Waals surface area (Å²) in [5.41, 5.74) is 0. The van der Waals surface area contributed by atoms with Gasteiger partial charge in [-0.05, 0) is 32.9 Å². The summed E-state index contributed by atoms with van der Waals surface area (Å²) < 4.78 is 0. The average molecular weight is 171 g/mol. The van der Waals surface area contributed by atoms with E-state index in [0.29, 0.717) is 11.7 Å². The Hall–Kier alpha value is -0.370. The van der Waals surface area contributed by atoms with E-state index in [1.165, 1.54) is 0 Å². The first kappa shape index (κ1) is 11.6. The lowest BCUT2D eigenvalue weighted by molar-refractivity contribution is -0.117. The third-order valence-corrected chi connectivity index (χ3v) is 1.75. The molecule has 0 saturated heterocycles. The fraction of sp³-hybridized carbons (Fsp3) is 0.900. The Morgan fingerprint density at radius 2 is 2.00 bits per heavy atom.